The molecule has 7 nitrogen and oxygen atoms in total. The Morgan fingerprint density at radius 3 is 2.62 bits per heavy atom. The Morgan fingerprint density at radius 2 is 1.93 bits per heavy atom. The molecule has 2 aromatic heterocycles. The molecule has 3 aromatic rings. The first-order valence-electron chi connectivity index (χ1n) is 9.71. The van der Waals surface area contributed by atoms with Gasteiger partial charge in [0, 0.05) is 23.0 Å². The van der Waals surface area contributed by atoms with Crippen LogP contribution in [0.2, 0.25) is 5.02 Å². The minimum Gasteiger partial charge on any atom is -0.385 e. The summed E-state index contributed by atoms with van der Waals surface area (Å²) >= 11 is 7.58. The van der Waals surface area contributed by atoms with E-state index in [0.29, 0.717) is 31.0 Å². The number of nitrogens with zero attached hydrogens (tertiary/aromatic N) is 5. The Balaban J connectivity index is 1.40. The van der Waals surface area contributed by atoms with E-state index in [9.17, 15) is 9.90 Å². The number of likely N-dealkylation sites (tertiary alicyclic amines) is 1. The molecule has 0 atom stereocenters. The number of fused-ring (bicyclic) bond motifs is 1. The van der Waals surface area contributed by atoms with Crippen LogP contribution in [0.3, 0.4) is 0 Å². The number of benzene rings is 1. The summed E-state index contributed by atoms with van der Waals surface area (Å²) in [5.74, 6) is 0.00746. The molecule has 0 saturated carbocycles. The standard InChI is InChI=1S/C20H20ClN5O2S/c21-14-6-4-13(5-7-14)20(28)8-10-25(11-9-20)18(27)17-15-2-1-3-16(15)29-19(17)26-12-22-23-24-26/h4-7,12,28H,1-3,8-11H2. The summed E-state index contributed by atoms with van der Waals surface area (Å²) in [6.07, 6.45) is 5.51. The number of carbonyl (C=O) groups excluding carboxylic acids is 1. The maximum absolute atomic E-state index is 13.5. The van der Waals surface area contributed by atoms with Gasteiger partial charge in [-0.05, 0) is 65.8 Å². The summed E-state index contributed by atoms with van der Waals surface area (Å²) < 4.78 is 1.59. The molecule has 0 unspecified atom stereocenters. The molecule has 150 valence electrons. The number of piperidine rings is 1. The molecular formula is C20H20ClN5O2S. The van der Waals surface area contributed by atoms with E-state index in [0.717, 1.165) is 41.0 Å². The fourth-order valence-electron chi connectivity index (χ4n) is 4.31. The van der Waals surface area contributed by atoms with E-state index in [-0.39, 0.29) is 5.91 Å². The van der Waals surface area contributed by atoms with Crippen LogP contribution in [0.15, 0.2) is 30.6 Å². The number of aryl methyl sites for hydroxylation is 1. The highest BCUT2D eigenvalue weighted by atomic mass is 35.5. The van der Waals surface area contributed by atoms with E-state index in [1.165, 1.54) is 11.2 Å². The van der Waals surface area contributed by atoms with Crippen molar-refractivity contribution in [1.82, 2.24) is 25.1 Å². The van der Waals surface area contributed by atoms with Crippen molar-refractivity contribution in [2.75, 3.05) is 13.1 Å². The van der Waals surface area contributed by atoms with Gasteiger partial charge >= 0.3 is 0 Å². The van der Waals surface area contributed by atoms with E-state index < -0.39 is 5.60 Å². The molecule has 1 N–H and O–H groups in total. The minimum atomic E-state index is -0.934. The van der Waals surface area contributed by atoms with Crippen molar-refractivity contribution in [3.63, 3.8) is 0 Å². The van der Waals surface area contributed by atoms with E-state index >= 15 is 0 Å². The van der Waals surface area contributed by atoms with E-state index in [1.54, 1.807) is 28.2 Å². The zero-order chi connectivity index (χ0) is 20.0. The number of tetrazole rings is 1. The van der Waals surface area contributed by atoms with Crippen molar-refractivity contribution in [3.05, 3.63) is 57.2 Å². The first-order chi connectivity index (χ1) is 14.0. The molecule has 0 spiro atoms. The van der Waals surface area contributed by atoms with Crippen LogP contribution in [0.4, 0.5) is 0 Å². The molecule has 1 saturated heterocycles. The smallest absolute Gasteiger partial charge is 0.257 e. The number of aliphatic hydroxyl groups is 1. The summed E-state index contributed by atoms with van der Waals surface area (Å²) in [6, 6.07) is 7.31. The Bertz CT molecular complexity index is 1040. The van der Waals surface area contributed by atoms with Gasteiger partial charge in [-0.1, -0.05) is 23.7 Å². The quantitative estimate of drug-likeness (QED) is 0.691. The molecule has 2 aliphatic rings. The summed E-state index contributed by atoms with van der Waals surface area (Å²) in [5, 5.41) is 24.0. The monoisotopic (exact) mass is 429 g/mol. The van der Waals surface area contributed by atoms with Gasteiger partial charge in [0.15, 0.2) is 0 Å². The highest BCUT2D eigenvalue weighted by Crippen LogP contribution is 2.39. The third-order valence-electron chi connectivity index (χ3n) is 5.93. The molecule has 29 heavy (non-hydrogen) atoms. The van der Waals surface area contributed by atoms with Gasteiger partial charge in [-0.2, -0.15) is 4.68 Å². The lowest BCUT2D eigenvalue weighted by atomic mass is 9.84. The lowest BCUT2D eigenvalue weighted by molar-refractivity contribution is -0.0211. The van der Waals surface area contributed by atoms with E-state index in [1.807, 2.05) is 17.0 Å². The summed E-state index contributed by atoms with van der Waals surface area (Å²) in [4.78, 5) is 16.6. The van der Waals surface area contributed by atoms with Gasteiger partial charge in [0.1, 0.15) is 11.3 Å². The molecule has 0 radical (unpaired) electrons. The molecule has 0 bridgehead atoms. The van der Waals surface area contributed by atoms with Crippen molar-refractivity contribution in [1.29, 1.82) is 0 Å². The second-order valence-electron chi connectivity index (χ2n) is 7.62. The van der Waals surface area contributed by atoms with Crippen LogP contribution in [0.25, 0.3) is 5.00 Å². The molecule has 1 fully saturated rings. The zero-order valence-electron chi connectivity index (χ0n) is 15.7. The number of amides is 1. The van der Waals surface area contributed by atoms with Crippen molar-refractivity contribution >= 4 is 28.8 Å². The second kappa shape index (κ2) is 7.19. The van der Waals surface area contributed by atoms with Crippen molar-refractivity contribution < 1.29 is 9.90 Å². The summed E-state index contributed by atoms with van der Waals surface area (Å²) in [7, 11) is 0. The number of hydrogen-bond donors (Lipinski definition) is 1. The Kier molecular flexibility index (Phi) is 4.64. The molecule has 1 aliphatic carbocycles. The van der Waals surface area contributed by atoms with Crippen molar-refractivity contribution in [2.45, 2.75) is 37.7 Å². The second-order valence-corrected chi connectivity index (χ2v) is 9.14. The van der Waals surface area contributed by atoms with Crippen molar-refractivity contribution in [3.8, 4) is 5.00 Å². The van der Waals surface area contributed by atoms with Crippen LogP contribution < -0.4 is 0 Å². The van der Waals surface area contributed by atoms with Crippen LogP contribution in [-0.4, -0.2) is 49.2 Å². The van der Waals surface area contributed by atoms with Gasteiger partial charge in [0.2, 0.25) is 0 Å². The van der Waals surface area contributed by atoms with Crippen LogP contribution >= 0.6 is 22.9 Å². The highest BCUT2D eigenvalue weighted by Gasteiger charge is 2.38. The number of aromatic nitrogens is 4. The predicted molar refractivity (Wildman–Crippen MR) is 110 cm³/mol. The SMILES string of the molecule is O=C(c1c(-n2cnnn2)sc2c1CCC2)N1CCC(O)(c2ccc(Cl)cc2)CC1. The largest absolute Gasteiger partial charge is 0.385 e. The molecule has 1 aromatic carbocycles. The molecule has 9 heteroatoms. The zero-order valence-corrected chi connectivity index (χ0v) is 17.3. The number of carbonyl (C=O) groups is 1. The lowest BCUT2D eigenvalue weighted by Gasteiger charge is -2.38. The molecular weight excluding hydrogens is 410 g/mol. The average molecular weight is 430 g/mol. The van der Waals surface area contributed by atoms with E-state index in [2.05, 4.69) is 15.5 Å². The third kappa shape index (κ3) is 3.25. The van der Waals surface area contributed by atoms with Gasteiger partial charge in [0.05, 0.1) is 11.2 Å². The molecule has 1 aliphatic heterocycles. The average Bonchev–Trinajstić information content (AvgIpc) is 3.45. The van der Waals surface area contributed by atoms with Gasteiger partial charge in [0.25, 0.3) is 5.91 Å². The number of hydrogen-bond acceptors (Lipinski definition) is 6. The summed E-state index contributed by atoms with van der Waals surface area (Å²) in [5.41, 5.74) is 1.78. The highest BCUT2D eigenvalue weighted by molar-refractivity contribution is 7.15. The Hall–Kier alpha value is -2.29. The predicted octanol–water partition coefficient (Wildman–Crippen LogP) is 2.99. The van der Waals surface area contributed by atoms with Gasteiger partial charge in [-0.25, -0.2) is 0 Å². The van der Waals surface area contributed by atoms with Crippen LogP contribution in [-0.2, 0) is 18.4 Å². The number of thiophene rings is 1. The van der Waals surface area contributed by atoms with Crippen LogP contribution in [0, 0.1) is 0 Å². The first-order valence-corrected chi connectivity index (χ1v) is 10.9. The van der Waals surface area contributed by atoms with Crippen LogP contribution in [0.5, 0.6) is 0 Å². The molecule has 3 heterocycles. The molecule has 1 amide bonds. The fraction of sp³-hybridized carbons (Fsp3) is 0.400. The van der Waals surface area contributed by atoms with Crippen molar-refractivity contribution in [2.24, 2.45) is 0 Å². The van der Waals surface area contributed by atoms with E-state index in [4.69, 9.17) is 11.6 Å². The van der Waals surface area contributed by atoms with Gasteiger partial charge in [-0.15, -0.1) is 16.4 Å². The number of halogens is 1. The maximum atomic E-state index is 13.5. The first kappa shape index (κ1) is 18.7. The maximum Gasteiger partial charge on any atom is 0.257 e. The topological polar surface area (TPSA) is 84.1 Å². The summed E-state index contributed by atoms with van der Waals surface area (Å²) in [6.45, 7) is 0.995. The Labute approximate surface area is 176 Å². The minimum absolute atomic E-state index is 0.00746. The fourth-order valence-corrected chi connectivity index (χ4v) is 5.74. The lowest BCUT2D eigenvalue weighted by Crippen LogP contribution is -2.45. The Morgan fingerprint density at radius 1 is 1.17 bits per heavy atom. The molecule has 5 rings (SSSR count). The normalized spacial score (nSPS) is 18.1. The third-order valence-corrected chi connectivity index (χ3v) is 7.47. The van der Waals surface area contributed by atoms with Gasteiger partial charge in [-0.3, -0.25) is 4.79 Å². The van der Waals surface area contributed by atoms with Gasteiger partial charge < -0.3 is 10.0 Å². The van der Waals surface area contributed by atoms with Crippen LogP contribution in [0.1, 0.15) is 45.6 Å². The number of rotatable bonds is 3.